The van der Waals surface area contributed by atoms with Gasteiger partial charge in [0.15, 0.2) is 0 Å². The van der Waals surface area contributed by atoms with Gasteiger partial charge in [-0.3, -0.25) is 4.79 Å². The summed E-state index contributed by atoms with van der Waals surface area (Å²) in [5.74, 6) is 1.10. The fourth-order valence-corrected chi connectivity index (χ4v) is 5.90. The second-order valence-corrected chi connectivity index (χ2v) is 10.3. The van der Waals surface area contributed by atoms with Crippen LogP contribution < -0.4 is 10.1 Å². The number of aryl methyl sites for hydroxylation is 2. The van der Waals surface area contributed by atoms with Crippen molar-refractivity contribution in [3.63, 3.8) is 0 Å². The third-order valence-corrected chi connectivity index (χ3v) is 7.61. The smallest absolute Gasteiger partial charge is 0.407 e. The average molecular weight is 507 g/mol. The van der Waals surface area contributed by atoms with E-state index in [2.05, 4.69) is 16.4 Å². The third-order valence-electron chi connectivity index (χ3n) is 6.36. The lowest BCUT2D eigenvalue weighted by Gasteiger charge is -2.22. The maximum absolute atomic E-state index is 12.7. The van der Waals surface area contributed by atoms with Crippen LogP contribution in [0.1, 0.15) is 45.0 Å². The number of imidazole rings is 1. The Balaban J connectivity index is 1.28. The first-order chi connectivity index (χ1) is 17.4. The monoisotopic (exact) mass is 506 g/mol. The molecule has 0 saturated carbocycles. The predicted octanol–water partition coefficient (Wildman–Crippen LogP) is 4.14. The minimum Gasteiger partial charge on any atom is -0.497 e. The van der Waals surface area contributed by atoms with Crippen LogP contribution in [0.2, 0.25) is 0 Å². The van der Waals surface area contributed by atoms with E-state index < -0.39 is 6.09 Å². The quantitative estimate of drug-likeness (QED) is 0.443. The molecule has 1 aliphatic rings. The van der Waals surface area contributed by atoms with Gasteiger partial charge < -0.3 is 19.4 Å². The van der Waals surface area contributed by atoms with Gasteiger partial charge in [-0.25, -0.2) is 9.78 Å². The second kappa shape index (κ2) is 11.9. The van der Waals surface area contributed by atoms with Gasteiger partial charge in [0.1, 0.15) is 17.6 Å². The van der Waals surface area contributed by atoms with Crippen molar-refractivity contribution in [2.24, 2.45) is 13.0 Å². The molecule has 0 spiro atoms. The first-order valence-corrected chi connectivity index (χ1v) is 12.8. The number of carbonyl (C=O) groups excluding carboxylic acids is 2. The highest BCUT2D eigenvalue weighted by molar-refractivity contribution is 7.12. The van der Waals surface area contributed by atoms with E-state index in [4.69, 9.17) is 9.47 Å². The molecule has 1 amide bonds. The van der Waals surface area contributed by atoms with E-state index in [9.17, 15) is 14.9 Å². The number of carbonyl (C=O) groups is 2. The number of ketones is 1. The molecule has 188 valence electrons. The summed E-state index contributed by atoms with van der Waals surface area (Å²) in [5, 5.41) is 12.5. The molecule has 0 saturated heterocycles. The van der Waals surface area contributed by atoms with Crippen molar-refractivity contribution in [1.29, 1.82) is 5.26 Å². The number of alkyl carbamates (subject to hydrolysis) is 1. The van der Waals surface area contributed by atoms with Gasteiger partial charge in [0.05, 0.1) is 37.8 Å². The van der Waals surface area contributed by atoms with Crippen molar-refractivity contribution in [1.82, 2.24) is 14.9 Å². The maximum atomic E-state index is 12.7. The zero-order valence-corrected chi connectivity index (χ0v) is 21.4. The van der Waals surface area contributed by atoms with Crippen molar-refractivity contribution >= 4 is 23.2 Å². The second-order valence-electron chi connectivity index (χ2n) is 9.07. The summed E-state index contributed by atoms with van der Waals surface area (Å²) in [6.07, 6.45) is 6.76. The Bertz CT molecular complexity index is 1270. The number of hydrogen-bond acceptors (Lipinski definition) is 7. The van der Waals surface area contributed by atoms with Crippen LogP contribution >= 0.6 is 11.3 Å². The number of nitriles is 1. The lowest BCUT2D eigenvalue weighted by molar-refractivity contribution is -0.118. The molecule has 1 aliphatic carbocycles. The van der Waals surface area contributed by atoms with Crippen LogP contribution in [0.3, 0.4) is 0 Å². The largest absolute Gasteiger partial charge is 0.497 e. The van der Waals surface area contributed by atoms with E-state index in [-0.39, 0.29) is 18.1 Å². The zero-order chi connectivity index (χ0) is 25.5. The maximum Gasteiger partial charge on any atom is 0.407 e. The Kier molecular flexibility index (Phi) is 8.39. The molecule has 36 heavy (non-hydrogen) atoms. The molecule has 1 N–H and O–H groups in total. The summed E-state index contributed by atoms with van der Waals surface area (Å²) in [6, 6.07) is 10.1. The van der Waals surface area contributed by atoms with Gasteiger partial charge >= 0.3 is 6.09 Å². The summed E-state index contributed by atoms with van der Waals surface area (Å²) >= 11 is 1.56. The number of fused-ring (bicyclic) bond motifs is 1. The molecule has 2 heterocycles. The summed E-state index contributed by atoms with van der Waals surface area (Å²) in [5.41, 5.74) is 3.55. The van der Waals surface area contributed by atoms with Crippen LogP contribution in [0, 0.1) is 17.2 Å². The highest BCUT2D eigenvalue weighted by Crippen LogP contribution is 2.36. The topological polar surface area (TPSA) is 106 Å². The van der Waals surface area contributed by atoms with E-state index >= 15 is 0 Å². The van der Waals surface area contributed by atoms with Crippen LogP contribution in [0.5, 0.6) is 5.75 Å². The fraction of sp³-hybridized carbons (Fsp3) is 0.407. The molecule has 8 nitrogen and oxygen atoms in total. The molecule has 3 aromatic rings. The zero-order valence-electron chi connectivity index (χ0n) is 20.6. The average Bonchev–Trinajstić information content (AvgIpc) is 3.46. The number of ether oxygens (including phenoxy) is 2. The molecule has 2 aromatic heterocycles. The SMILES string of the molecule is COc1cccc(CCC(=O)Cc2sc3c(c2C#N)CCC(COC(=O)NCc2cn(C)cn2)C3)c1. The number of hydrogen-bond donors (Lipinski definition) is 1. The van der Waals surface area contributed by atoms with Crippen molar-refractivity contribution in [3.8, 4) is 11.8 Å². The standard InChI is InChI=1S/C27H30N4O4S/c1-31-15-20(30-17-31)14-29-27(33)35-16-19-7-9-23-24(13-28)26(36-25(23)11-19)12-21(32)8-6-18-4-3-5-22(10-18)34-2/h3-5,10,15,17,19H,6-9,11-12,14,16H2,1-2H3,(H,29,33). The van der Waals surface area contributed by atoms with Gasteiger partial charge in [-0.1, -0.05) is 12.1 Å². The molecule has 0 bridgehead atoms. The molecule has 0 radical (unpaired) electrons. The van der Waals surface area contributed by atoms with Crippen molar-refractivity contribution in [2.75, 3.05) is 13.7 Å². The Morgan fingerprint density at radius 3 is 2.97 bits per heavy atom. The number of amides is 1. The van der Waals surface area contributed by atoms with Crippen LogP contribution in [-0.4, -0.2) is 35.1 Å². The van der Waals surface area contributed by atoms with E-state index in [0.717, 1.165) is 51.6 Å². The first-order valence-electron chi connectivity index (χ1n) is 12.0. The lowest BCUT2D eigenvalue weighted by Crippen LogP contribution is -2.27. The van der Waals surface area contributed by atoms with Gasteiger partial charge in [0, 0.05) is 35.8 Å². The number of rotatable bonds is 10. The van der Waals surface area contributed by atoms with Gasteiger partial charge in [0.25, 0.3) is 0 Å². The number of thiophene rings is 1. The number of benzene rings is 1. The number of methoxy groups -OCH3 is 1. The van der Waals surface area contributed by atoms with Crippen LogP contribution in [-0.2, 0) is 48.8 Å². The van der Waals surface area contributed by atoms with E-state index in [1.807, 2.05) is 42.1 Å². The highest BCUT2D eigenvalue weighted by atomic mass is 32.1. The van der Waals surface area contributed by atoms with Crippen molar-refractivity contribution in [2.45, 2.75) is 45.1 Å². The molecular weight excluding hydrogens is 476 g/mol. The molecule has 1 unspecified atom stereocenters. The highest BCUT2D eigenvalue weighted by Gasteiger charge is 2.27. The predicted molar refractivity (Wildman–Crippen MR) is 136 cm³/mol. The van der Waals surface area contributed by atoms with Crippen LogP contribution in [0.4, 0.5) is 4.79 Å². The molecule has 4 rings (SSSR count). The molecule has 9 heteroatoms. The lowest BCUT2D eigenvalue weighted by atomic mass is 9.87. The summed E-state index contributed by atoms with van der Waals surface area (Å²) in [4.78, 5) is 31.0. The Morgan fingerprint density at radius 1 is 1.36 bits per heavy atom. The Labute approximate surface area is 214 Å². The minimum absolute atomic E-state index is 0.123. The van der Waals surface area contributed by atoms with Gasteiger partial charge in [-0.15, -0.1) is 11.3 Å². The van der Waals surface area contributed by atoms with Gasteiger partial charge in [-0.2, -0.15) is 5.26 Å². The number of nitrogens with one attached hydrogen (secondary N) is 1. The van der Waals surface area contributed by atoms with E-state index in [0.29, 0.717) is 31.6 Å². The Morgan fingerprint density at radius 2 is 2.22 bits per heavy atom. The number of Topliss-reactive ketones (excluding diaryl/α,β-unsaturated/α-hetero) is 1. The van der Waals surface area contributed by atoms with Gasteiger partial charge in [0.2, 0.25) is 0 Å². The Hall–Kier alpha value is -3.64. The number of aromatic nitrogens is 2. The van der Waals surface area contributed by atoms with E-state index in [1.165, 1.54) is 0 Å². The van der Waals surface area contributed by atoms with Gasteiger partial charge in [-0.05, 0) is 54.9 Å². The first kappa shape index (κ1) is 25.5. The summed E-state index contributed by atoms with van der Waals surface area (Å²) in [6.45, 7) is 0.641. The fourth-order valence-electron chi connectivity index (χ4n) is 4.45. The summed E-state index contributed by atoms with van der Waals surface area (Å²) in [7, 11) is 3.50. The molecular formula is C27H30N4O4S. The van der Waals surface area contributed by atoms with Crippen molar-refractivity contribution < 1.29 is 19.1 Å². The van der Waals surface area contributed by atoms with E-state index in [1.54, 1.807) is 24.8 Å². The molecule has 1 atom stereocenters. The summed E-state index contributed by atoms with van der Waals surface area (Å²) < 4.78 is 12.5. The molecule has 0 aliphatic heterocycles. The number of nitrogens with zero attached hydrogens (tertiary/aromatic N) is 3. The minimum atomic E-state index is -0.460. The normalized spacial score (nSPS) is 14.5. The van der Waals surface area contributed by atoms with Crippen LogP contribution in [0.25, 0.3) is 0 Å². The van der Waals surface area contributed by atoms with Crippen LogP contribution in [0.15, 0.2) is 36.8 Å². The third kappa shape index (κ3) is 6.52. The molecule has 1 aromatic carbocycles. The van der Waals surface area contributed by atoms with Crippen molar-refractivity contribution in [3.05, 3.63) is 68.9 Å². The molecule has 0 fully saturated rings.